The molecule has 0 atom stereocenters. The second-order valence-electron chi connectivity index (χ2n) is 3.50. The number of nitrogens with zero attached hydrogens (tertiary/aromatic N) is 1. The van der Waals surface area contributed by atoms with Gasteiger partial charge in [-0.2, -0.15) is 0 Å². The maximum Gasteiger partial charge on any atom is 0.339 e. The van der Waals surface area contributed by atoms with Gasteiger partial charge < -0.3 is 9.84 Å². The summed E-state index contributed by atoms with van der Waals surface area (Å²) >= 11 is 0. The lowest BCUT2D eigenvalue weighted by Crippen LogP contribution is -2.19. The summed E-state index contributed by atoms with van der Waals surface area (Å²) in [5, 5.41) is 8.90. The van der Waals surface area contributed by atoms with Crippen LogP contribution in [-0.2, 0) is 11.3 Å². The summed E-state index contributed by atoms with van der Waals surface area (Å²) in [6.07, 6.45) is 0. The molecule has 1 rings (SSSR count). The third kappa shape index (κ3) is 3.69. The molecule has 0 aliphatic rings. The Morgan fingerprint density at radius 3 is 2.80 bits per heavy atom. The predicted molar refractivity (Wildman–Crippen MR) is 56.3 cm³/mol. The van der Waals surface area contributed by atoms with Crippen molar-refractivity contribution in [3.05, 3.63) is 35.4 Å². The number of benzene rings is 1. The Labute approximate surface area is 89.1 Å². The van der Waals surface area contributed by atoms with Crippen LogP contribution >= 0.6 is 0 Å². The number of esters is 1. The van der Waals surface area contributed by atoms with Crippen LogP contribution in [0.25, 0.3) is 0 Å². The van der Waals surface area contributed by atoms with E-state index in [-0.39, 0.29) is 19.3 Å². The lowest BCUT2D eigenvalue weighted by atomic mass is 10.1. The van der Waals surface area contributed by atoms with E-state index in [0.29, 0.717) is 11.1 Å². The van der Waals surface area contributed by atoms with Crippen molar-refractivity contribution in [1.29, 1.82) is 0 Å². The molecule has 0 unspecified atom stereocenters. The van der Waals surface area contributed by atoms with Crippen LogP contribution in [0.1, 0.15) is 15.9 Å². The normalized spacial score (nSPS) is 10.4. The van der Waals surface area contributed by atoms with Crippen molar-refractivity contribution < 1.29 is 14.6 Å². The van der Waals surface area contributed by atoms with Gasteiger partial charge in [-0.25, -0.2) is 4.79 Å². The number of hydrogen-bond donors (Lipinski definition) is 1. The van der Waals surface area contributed by atoms with Crippen molar-refractivity contribution in [2.75, 3.05) is 20.8 Å². The summed E-state index contributed by atoms with van der Waals surface area (Å²) < 4.78 is 4.99. The zero-order chi connectivity index (χ0) is 11.3. The number of carbonyl (C=O) groups excluding carboxylic acids is 1. The summed E-state index contributed by atoms with van der Waals surface area (Å²) in [6.45, 7) is 0.178. The van der Waals surface area contributed by atoms with Crippen LogP contribution in [0.3, 0.4) is 0 Å². The van der Waals surface area contributed by atoms with Crippen molar-refractivity contribution in [1.82, 2.24) is 4.90 Å². The van der Waals surface area contributed by atoms with Gasteiger partial charge in [0.25, 0.3) is 0 Å². The maximum absolute atomic E-state index is 11.5. The Morgan fingerprint density at radius 1 is 1.47 bits per heavy atom. The fourth-order valence-corrected chi connectivity index (χ4v) is 1.07. The van der Waals surface area contributed by atoms with Crippen molar-refractivity contribution in [2.24, 2.45) is 0 Å². The van der Waals surface area contributed by atoms with Gasteiger partial charge in [-0.3, -0.25) is 4.90 Å². The zero-order valence-electron chi connectivity index (χ0n) is 8.93. The van der Waals surface area contributed by atoms with Crippen LogP contribution in [0.15, 0.2) is 24.3 Å². The second kappa shape index (κ2) is 5.48. The minimum atomic E-state index is -0.376. The molecule has 0 saturated heterocycles. The molecule has 0 saturated carbocycles. The average molecular weight is 209 g/mol. The van der Waals surface area contributed by atoms with Gasteiger partial charge in [-0.1, -0.05) is 12.1 Å². The highest BCUT2D eigenvalue weighted by Gasteiger charge is 2.07. The van der Waals surface area contributed by atoms with E-state index in [1.54, 1.807) is 29.2 Å². The SMILES string of the molecule is CN(C)COC(=O)c1cccc(CO)c1. The first-order valence-corrected chi connectivity index (χ1v) is 4.65. The number of aliphatic hydroxyl groups excluding tert-OH is 1. The molecule has 4 heteroatoms. The molecular weight excluding hydrogens is 194 g/mol. The molecule has 0 fully saturated rings. The van der Waals surface area contributed by atoms with Crippen LogP contribution in [0.5, 0.6) is 0 Å². The molecule has 15 heavy (non-hydrogen) atoms. The number of aliphatic hydroxyl groups is 1. The van der Waals surface area contributed by atoms with Gasteiger partial charge in [0.1, 0.15) is 6.73 Å². The maximum atomic E-state index is 11.5. The fraction of sp³-hybridized carbons (Fsp3) is 0.364. The van der Waals surface area contributed by atoms with E-state index >= 15 is 0 Å². The van der Waals surface area contributed by atoms with E-state index in [1.165, 1.54) is 0 Å². The van der Waals surface area contributed by atoms with Crippen LogP contribution in [0.4, 0.5) is 0 Å². The van der Waals surface area contributed by atoms with Crippen molar-refractivity contribution in [3.8, 4) is 0 Å². The minimum Gasteiger partial charge on any atom is -0.446 e. The zero-order valence-corrected chi connectivity index (χ0v) is 8.93. The van der Waals surface area contributed by atoms with Crippen LogP contribution < -0.4 is 0 Å². The highest BCUT2D eigenvalue weighted by Crippen LogP contribution is 2.06. The van der Waals surface area contributed by atoms with E-state index in [1.807, 2.05) is 14.1 Å². The van der Waals surface area contributed by atoms with Gasteiger partial charge in [-0.15, -0.1) is 0 Å². The van der Waals surface area contributed by atoms with Gasteiger partial charge in [0.2, 0.25) is 0 Å². The topological polar surface area (TPSA) is 49.8 Å². The quantitative estimate of drug-likeness (QED) is 0.590. The lowest BCUT2D eigenvalue weighted by molar-refractivity contribution is 0.0319. The molecule has 0 radical (unpaired) electrons. The smallest absolute Gasteiger partial charge is 0.339 e. The first-order valence-electron chi connectivity index (χ1n) is 4.65. The molecule has 1 aromatic carbocycles. The molecule has 0 aromatic heterocycles. The first kappa shape index (κ1) is 11.7. The third-order valence-corrected chi connectivity index (χ3v) is 1.80. The average Bonchev–Trinajstić information content (AvgIpc) is 2.26. The molecule has 0 aliphatic heterocycles. The first-order chi connectivity index (χ1) is 7.13. The highest BCUT2D eigenvalue weighted by atomic mass is 16.5. The Bertz CT molecular complexity index is 336. The van der Waals surface area contributed by atoms with E-state index in [4.69, 9.17) is 9.84 Å². The predicted octanol–water partition coefficient (Wildman–Crippen LogP) is 0.855. The van der Waals surface area contributed by atoms with Gasteiger partial charge in [0.15, 0.2) is 0 Å². The van der Waals surface area contributed by atoms with Crippen molar-refractivity contribution >= 4 is 5.97 Å². The molecule has 4 nitrogen and oxygen atoms in total. The Kier molecular flexibility index (Phi) is 4.27. The van der Waals surface area contributed by atoms with E-state index in [0.717, 1.165) is 0 Å². The molecule has 1 N–H and O–H groups in total. The largest absolute Gasteiger partial charge is 0.446 e. The Hall–Kier alpha value is -1.39. The van der Waals surface area contributed by atoms with Gasteiger partial charge in [0.05, 0.1) is 12.2 Å². The van der Waals surface area contributed by atoms with Gasteiger partial charge >= 0.3 is 5.97 Å². The molecule has 82 valence electrons. The van der Waals surface area contributed by atoms with Gasteiger partial charge in [0, 0.05) is 0 Å². The van der Waals surface area contributed by atoms with E-state index in [9.17, 15) is 4.79 Å². The standard InChI is InChI=1S/C11H15NO3/c1-12(2)8-15-11(14)10-5-3-4-9(6-10)7-13/h3-6,13H,7-8H2,1-2H3. The Balaban J connectivity index is 2.65. The summed E-state index contributed by atoms with van der Waals surface area (Å²) in [6, 6.07) is 6.76. The lowest BCUT2D eigenvalue weighted by Gasteiger charge is -2.10. The molecule has 0 aliphatic carbocycles. The monoisotopic (exact) mass is 209 g/mol. The van der Waals surface area contributed by atoms with Crippen molar-refractivity contribution in [3.63, 3.8) is 0 Å². The van der Waals surface area contributed by atoms with E-state index < -0.39 is 0 Å². The molecule has 0 heterocycles. The fourth-order valence-electron chi connectivity index (χ4n) is 1.07. The third-order valence-electron chi connectivity index (χ3n) is 1.80. The molecule has 0 bridgehead atoms. The number of rotatable bonds is 4. The summed E-state index contributed by atoms with van der Waals surface area (Å²) in [7, 11) is 3.63. The molecular formula is C11H15NO3. The molecule has 1 aromatic rings. The molecule has 0 amide bonds. The van der Waals surface area contributed by atoms with Crippen LogP contribution in [0.2, 0.25) is 0 Å². The number of ether oxygens (including phenoxy) is 1. The molecule has 0 spiro atoms. The Morgan fingerprint density at radius 2 is 2.20 bits per heavy atom. The number of carbonyl (C=O) groups is 1. The highest BCUT2D eigenvalue weighted by molar-refractivity contribution is 5.89. The van der Waals surface area contributed by atoms with Crippen molar-refractivity contribution in [2.45, 2.75) is 6.61 Å². The summed E-state index contributed by atoms with van der Waals surface area (Å²) in [5.74, 6) is -0.376. The van der Waals surface area contributed by atoms with Gasteiger partial charge in [-0.05, 0) is 31.8 Å². The summed E-state index contributed by atoms with van der Waals surface area (Å²) in [5.41, 5.74) is 1.16. The van der Waals surface area contributed by atoms with Crippen LogP contribution in [0, 0.1) is 0 Å². The number of hydrogen-bond acceptors (Lipinski definition) is 4. The second-order valence-corrected chi connectivity index (χ2v) is 3.50. The summed E-state index contributed by atoms with van der Waals surface area (Å²) in [4.78, 5) is 13.2. The van der Waals surface area contributed by atoms with E-state index in [2.05, 4.69) is 0 Å². The minimum absolute atomic E-state index is 0.0746. The van der Waals surface area contributed by atoms with Crippen LogP contribution in [-0.4, -0.2) is 36.8 Å².